The third-order valence-electron chi connectivity index (χ3n) is 3.98. The predicted octanol–water partition coefficient (Wildman–Crippen LogP) is 4.18. The lowest BCUT2D eigenvalue weighted by Crippen LogP contribution is -2.10. The van der Waals surface area contributed by atoms with Crippen molar-refractivity contribution in [3.63, 3.8) is 0 Å². The highest BCUT2D eigenvalue weighted by Gasteiger charge is 2.13. The van der Waals surface area contributed by atoms with Gasteiger partial charge < -0.3 is 14.7 Å². The molecule has 24 heavy (non-hydrogen) atoms. The molecular weight excluding hydrogens is 302 g/mol. The van der Waals surface area contributed by atoms with Crippen LogP contribution < -0.4 is 9.64 Å². The Labute approximate surface area is 140 Å². The quantitative estimate of drug-likeness (QED) is 0.766. The van der Waals surface area contributed by atoms with E-state index in [1.54, 1.807) is 18.2 Å². The van der Waals surface area contributed by atoms with Crippen molar-refractivity contribution in [2.45, 2.75) is 6.61 Å². The molecule has 0 aromatic heterocycles. The number of hydrogen-bond donors (Lipinski definition) is 1. The Hall–Kier alpha value is -3.01. The van der Waals surface area contributed by atoms with Crippen LogP contribution in [0, 0.1) is 0 Å². The van der Waals surface area contributed by atoms with E-state index in [-0.39, 0.29) is 5.56 Å². The molecule has 4 nitrogen and oxygen atoms in total. The third-order valence-corrected chi connectivity index (χ3v) is 3.98. The molecule has 0 saturated carbocycles. The zero-order valence-corrected chi connectivity index (χ0v) is 13.7. The van der Waals surface area contributed by atoms with E-state index < -0.39 is 5.97 Å². The first kappa shape index (κ1) is 15.9. The lowest BCUT2D eigenvalue weighted by molar-refractivity contribution is 0.0692. The molecule has 0 amide bonds. The first-order chi connectivity index (χ1) is 11.6. The summed E-state index contributed by atoms with van der Waals surface area (Å²) in [5, 5.41) is 11.6. The Kier molecular flexibility index (Phi) is 4.38. The van der Waals surface area contributed by atoms with Crippen LogP contribution >= 0.6 is 0 Å². The largest absolute Gasteiger partial charge is 0.488 e. The minimum absolute atomic E-state index is 0.167. The number of hydrogen-bond acceptors (Lipinski definition) is 3. The van der Waals surface area contributed by atoms with E-state index in [4.69, 9.17) is 4.74 Å². The van der Waals surface area contributed by atoms with E-state index in [1.807, 2.05) is 61.5 Å². The average Bonchev–Trinajstić information content (AvgIpc) is 2.59. The number of nitrogens with zero attached hydrogens (tertiary/aromatic N) is 1. The monoisotopic (exact) mass is 321 g/mol. The molecule has 0 bridgehead atoms. The zero-order chi connectivity index (χ0) is 17.1. The van der Waals surface area contributed by atoms with Gasteiger partial charge in [0.05, 0.1) is 0 Å². The molecule has 0 spiro atoms. The van der Waals surface area contributed by atoms with E-state index in [0.717, 1.165) is 22.0 Å². The Morgan fingerprint density at radius 3 is 2.54 bits per heavy atom. The standard InChI is InChI=1S/C20H19NO3/c1-21(2)16-10-11-18(20(22)23)19(12-16)24-13-15-8-5-7-14-6-3-4-9-17(14)15/h3-12H,13H2,1-2H3,(H,22,23). The summed E-state index contributed by atoms with van der Waals surface area (Å²) in [5.41, 5.74) is 2.09. The smallest absolute Gasteiger partial charge is 0.339 e. The van der Waals surface area contributed by atoms with Crippen molar-refractivity contribution in [2.24, 2.45) is 0 Å². The molecule has 0 heterocycles. The number of aromatic carboxylic acids is 1. The minimum atomic E-state index is -0.992. The number of carboxylic acids is 1. The molecule has 0 aliphatic heterocycles. The van der Waals surface area contributed by atoms with Crippen LogP contribution in [0.4, 0.5) is 5.69 Å². The lowest BCUT2D eigenvalue weighted by Gasteiger charge is -2.16. The van der Waals surface area contributed by atoms with Gasteiger partial charge in [0.25, 0.3) is 0 Å². The number of anilines is 1. The van der Waals surface area contributed by atoms with Crippen molar-refractivity contribution < 1.29 is 14.6 Å². The number of rotatable bonds is 5. The van der Waals surface area contributed by atoms with Crippen molar-refractivity contribution in [1.82, 2.24) is 0 Å². The van der Waals surface area contributed by atoms with Crippen molar-refractivity contribution in [3.05, 3.63) is 71.8 Å². The van der Waals surface area contributed by atoms with Gasteiger partial charge in [-0.05, 0) is 28.5 Å². The summed E-state index contributed by atoms with van der Waals surface area (Å²) in [7, 11) is 3.81. The summed E-state index contributed by atoms with van der Waals surface area (Å²) < 4.78 is 5.88. The molecule has 0 saturated heterocycles. The van der Waals surface area contributed by atoms with Crippen LogP contribution in [-0.4, -0.2) is 25.2 Å². The summed E-state index contributed by atoms with van der Waals surface area (Å²) in [6, 6.07) is 19.2. The van der Waals surface area contributed by atoms with E-state index >= 15 is 0 Å². The van der Waals surface area contributed by atoms with Gasteiger partial charge in [0.1, 0.15) is 17.9 Å². The second kappa shape index (κ2) is 6.62. The van der Waals surface area contributed by atoms with Gasteiger partial charge in [0.2, 0.25) is 0 Å². The molecule has 122 valence electrons. The normalized spacial score (nSPS) is 10.6. The highest BCUT2D eigenvalue weighted by atomic mass is 16.5. The maximum absolute atomic E-state index is 11.4. The van der Waals surface area contributed by atoms with E-state index in [9.17, 15) is 9.90 Å². The fourth-order valence-electron chi connectivity index (χ4n) is 2.66. The van der Waals surface area contributed by atoms with Crippen molar-refractivity contribution in [3.8, 4) is 5.75 Å². The van der Waals surface area contributed by atoms with Gasteiger partial charge in [-0.1, -0.05) is 42.5 Å². The number of fused-ring (bicyclic) bond motifs is 1. The molecule has 0 aliphatic carbocycles. The van der Waals surface area contributed by atoms with Crippen LogP contribution in [0.3, 0.4) is 0 Å². The van der Waals surface area contributed by atoms with Crippen molar-refractivity contribution >= 4 is 22.4 Å². The Morgan fingerprint density at radius 2 is 1.79 bits per heavy atom. The Bertz CT molecular complexity index is 882. The molecule has 1 N–H and O–H groups in total. The third kappa shape index (κ3) is 3.18. The first-order valence-corrected chi connectivity index (χ1v) is 7.70. The van der Waals surface area contributed by atoms with Crippen LogP contribution in [0.15, 0.2) is 60.7 Å². The molecular formula is C20H19NO3. The summed E-state index contributed by atoms with van der Waals surface area (Å²) in [4.78, 5) is 13.3. The number of carbonyl (C=O) groups is 1. The van der Waals surface area contributed by atoms with Crippen molar-refractivity contribution in [2.75, 3.05) is 19.0 Å². The van der Waals surface area contributed by atoms with E-state index in [2.05, 4.69) is 0 Å². The molecule has 0 aliphatic rings. The topological polar surface area (TPSA) is 49.8 Å². The average molecular weight is 321 g/mol. The highest BCUT2D eigenvalue weighted by molar-refractivity contribution is 5.91. The van der Waals surface area contributed by atoms with Crippen LogP contribution in [-0.2, 0) is 6.61 Å². The Morgan fingerprint density at radius 1 is 1.04 bits per heavy atom. The molecule has 4 heteroatoms. The summed E-state index contributed by atoms with van der Waals surface area (Å²) in [6.45, 7) is 0.318. The zero-order valence-electron chi connectivity index (χ0n) is 13.7. The van der Waals surface area contributed by atoms with E-state index in [0.29, 0.717) is 12.4 Å². The van der Waals surface area contributed by atoms with Gasteiger partial charge in [-0.25, -0.2) is 4.79 Å². The first-order valence-electron chi connectivity index (χ1n) is 7.70. The highest BCUT2D eigenvalue weighted by Crippen LogP contribution is 2.27. The number of carboxylic acid groups (broad SMARTS) is 1. The van der Waals surface area contributed by atoms with Crippen LogP contribution in [0.25, 0.3) is 10.8 Å². The Balaban J connectivity index is 1.93. The van der Waals surface area contributed by atoms with Crippen LogP contribution in [0.5, 0.6) is 5.75 Å². The van der Waals surface area contributed by atoms with Gasteiger partial charge >= 0.3 is 5.97 Å². The predicted molar refractivity (Wildman–Crippen MR) is 96.0 cm³/mol. The van der Waals surface area contributed by atoms with Gasteiger partial charge in [0.15, 0.2) is 0 Å². The SMILES string of the molecule is CN(C)c1ccc(C(=O)O)c(OCc2cccc3ccccc23)c1. The fraction of sp³-hybridized carbons (Fsp3) is 0.150. The minimum Gasteiger partial charge on any atom is -0.488 e. The molecule has 0 fully saturated rings. The second-order valence-corrected chi connectivity index (χ2v) is 5.81. The fourth-order valence-corrected chi connectivity index (χ4v) is 2.66. The molecule has 0 unspecified atom stereocenters. The van der Waals surface area contributed by atoms with Gasteiger partial charge in [0, 0.05) is 25.8 Å². The molecule has 3 aromatic carbocycles. The van der Waals surface area contributed by atoms with Gasteiger partial charge in [-0.3, -0.25) is 0 Å². The summed E-state index contributed by atoms with van der Waals surface area (Å²) in [6.07, 6.45) is 0. The van der Waals surface area contributed by atoms with Crippen LogP contribution in [0.2, 0.25) is 0 Å². The molecule has 3 aromatic rings. The molecule has 0 atom stereocenters. The molecule has 0 radical (unpaired) electrons. The summed E-state index contributed by atoms with van der Waals surface area (Å²) >= 11 is 0. The summed E-state index contributed by atoms with van der Waals surface area (Å²) in [5.74, 6) is -0.616. The van der Waals surface area contributed by atoms with E-state index in [1.165, 1.54) is 0 Å². The maximum atomic E-state index is 11.4. The number of ether oxygens (including phenoxy) is 1. The van der Waals surface area contributed by atoms with Gasteiger partial charge in [-0.2, -0.15) is 0 Å². The lowest BCUT2D eigenvalue weighted by atomic mass is 10.1. The van der Waals surface area contributed by atoms with Crippen LogP contribution in [0.1, 0.15) is 15.9 Å². The molecule has 3 rings (SSSR count). The second-order valence-electron chi connectivity index (χ2n) is 5.81. The van der Waals surface area contributed by atoms with Gasteiger partial charge in [-0.15, -0.1) is 0 Å². The number of benzene rings is 3. The maximum Gasteiger partial charge on any atom is 0.339 e. The van der Waals surface area contributed by atoms with Crippen molar-refractivity contribution in [1.29, 1.82) is 0 Å².